The molecule has 0 amide bonds. The van der Waals surface area contributed by atoms with Crippen LogP contribution in [-0.4, -0.2) is 4.98 Å². The first kappa shape index (κ1) is 10.8. The third-order valence-corrected chi connectivity index (χ3v) is 3.99. The monoisotopic (exact) mass is 258 g/mol. The second kappa shape index (κ2) is 4.13. The van der Waals surface area contributed by atoms with Crippen LogP contribution in [0.3, 0.4) is 0 Å². The summed E-state index contributed by atoms with van der Waals surface area (Å²) in [4.78, 5) is 4.61. The predicted molar refractivity (Wildman–Crippen MR) is 74.5 cm³/mol. The summed E-state index contributed by atoms with van der Waals surface area (Å²) >= 11 is 7.82. The van der Waals surface area contributed by atoms with Crippen LogP contribution in [0.1, 0.15) is 5.56 Å². The van der Waals surface area contributed by atoms with Crippen LogP contribution in [0.2, 0.25) is 5.02 Å². The van der Waals surface area contributed by atoms with Gasteiger partial charge in [-0.3, -0.25) is 0 Å². The molecule has 83 valence electrons. The van der Waals surface area contributed by atoms with Crippen molar-refractivity contribution in [3.63, 3.8) is 0 Å². The molecular weight excluding hydrogens is 250 g/mol. The molecule has 3 aromatic rings. The lowest BCUT2D eigenvalue weighted by Crippen LogP contribution is -1.78. The number of hydrogen-bond donors (Lipinski definition) is 0. The molecule has 17 heavy (non-hydrogen) atoms. The Kier molecular flexibility index (Phi) is 2.61. The van der Waals surface area contributed by atoms with Crippen LogP contribution in [0.4, 0.5) is 0 Å². The molecule has 0 saturated carbocycles. The summed E-state index contributed by atoms with van der Waals surface area (Å²) < 4.78 is 1.15. The second-order valence-electron chi connectivity index (χ2n) is 3.76. The SMILES string of the molecule is [CH2]c1cccc2sc(-c3ccccc3Cl)nc12. The van der Waals surface area contributed by atoms with Crippen molar-refractivity contribution in [3.8, 4) is 10.6 Å². The molecule has 3 rings (SSSR count). The minimum Gasteiger partial charge on any atom is -0.236 e. The molecule has 0 spiro atoms. The zero-order valence-electron chi connectivity index (χ0n) is 8.98. The summed E-state index contributed by atoms with van der Waals surface area (Å²) in [6.45, 7) is 3.99. The van der Waals surface area contributed by atoms with E-state index in [2.05, 4.69) is 18.0 Å². The fourth-order valence-corrected chi connectivity index (χ4v) is 3.09. The lowest BCUT2D eigenvalue weighted by molar-refractivity contribution is 1.46. The maximum absolute atomic E-state index is 6.18. The normalized spacial score (nSPS) is 10.9. The summed E-state index contributed by atoms with van der Waals surface area (Å²) in [5.74, 6) is 0. The Balaban J connectivity index is 2.26. The molecule has 0 aliphatic heterocycles. The fraction of sp³-hybridized carbons (Fsp3) is 0. The van der Waals surface area contributed by atoms with Gasteiger partial charge in [-0.2, -0.15) is 0 Å². The van der Waals surface area contributed by atoms with Crippen LogP contribution in [0, 0.1) is 6.92 Å². The van der Waals surface area contributed by atoms with Crippen molar-refractivity contribution >= 4 is 33.2 Å². The van der Waals surface area contributed by atoms with Crippen molar-refractivity contribution in [1.82, 2.24) is 4.98 Å². The third-order valence-electron chi connectivity index (χ3n) is 2.61. The number of para-hydroxylation sites is 1. The van der Waals surface area contributed by atoms with Gasteiger partial charge in [0.1, 0.15) is 5.01 Å². The Morgan fingerprint density at radius 1 is 1.06 bits per heavy atom. The minimum atomic E-state index is 0.733. The van der Waals surface area contributed by atoms with E-state index in [-0.39, 0.29) is 0 Å². The van der Waals surface area contributed by atoms with E-state index in [9.17, 15) is 0 Å². The Morgan fingerprint density at radius 2 is 1.88 bits per heavy atom. The van der Waals surface area contributed by atoms with Crippen LogP contribution in [0.25, 0.3) is 20.8 Å². The van der Waals surface area contributed by atoms with Gasteiger partial charge in [-0.1, -0.05) is 41.9 Å². The molecule has 0 unspecified atom stereocenters. The molecule has 0 saturated heterocycles. The highest BCUT2D eigenvalue weighted by atomic mass is 35.5. The Bertz CT molecular complexity index is 688. The highest BCUT2D eigenvalue weighted by molar-refractivity contribution is 7.21. The van der Waals surface area contributed by atoms with E-state index in [4.69, 9.17) is 11.6 Å². The summed E-state index contributed by atoms with van der Waals surface area (Å²) in [5.41, 5.74) is 2.90. The van der Waals surface area contributed by atoms with E-state index in [1.54, 1.807) is 11.3 Å². The molecule has 0 aliphatic rings. The van der Waals surface area contributed by atoms with Gasteiger partial charge in [0.05, 0.1) is 15.2 Å². The molecule has 0 N–H and O–H groups in total. The van der Waals surface area contributed by atoms with E-state index in [1.165, 1.54) is 0 Å². The molecule has 0 aliphatic carbocycles. The molecule has 1 nitrogen and oxygen atoms in total. The maximum atomic E-state index is 6.18. The standard InChI is InChI=1S/C14H9ClNS/c1-9-5-4-8-12-13(9)16-14(17-12)10-6-2-3-7-11(10)15/h2-8H,1H2. The van der Waals surface area contributed by atoms with E-state index in [1.807, 2.05) is 36.4 Å². The molecule has 0 fully saturated rings. The van der Waals surface area contributed by atoms with E-state index in [0.717, 1.165) is 31.4 Å². The first-order valence-corrected chi connectivity index (χ1v) is 6.41. The van der Waals surface area contributed by atoms with Gasteiger partial charge in [-0.15, -0.1) is 11.3 Å². The molecule has 3 heteroatoms. The van der Waals surface area contributed by atoms with Crippen molar-refractivity contribution in [1.29, 1.82) is 0 Å². The Hall–Kier alpha value is -1.38. The second-order valence-corrected chi connectivity index (χ2v) is 5.20. The average Bonchev–Trinajstić information content (AvgIpc) is 2.75. The van der Waals surface area contributed by atoms with Gasteiger partial charge in [0.15, 0.2) is 0 Å². The number of nitrogens with zero attached hydrogens (tertiary/aromatic N) is 1. The summed E-state index contributed by atoms with van der Waals surface area (Å²) in [7, 11) is 0. The lowest BCUT2D eigenvalue weighted by Gasteiger charge is -1.97. The summed E-state index contributed by atoms with van der Waals surface area (Å²) in [5, 5.41) is 1.68. The third kappa shape index (κ3) is 1.84. The van der Waals surface area contributed by atoms with Crippen LogP contribution in [0.5, 0.6) is 0 Å². The van der Waals surface area contributed by atoms with Crippen molar-refractivity contribution < 1.29 is 0 Å². The zero-order chi connectivity index (χ0) is 11.8. The van der Waals surface area contributed by atoms with Crippen LogP contribution in [0.15, 0.2) is 42.5 Å². The van der Waals surface area contributed by atoms with Gasteiger partial charge >= 0.3 is 0 Å². The topological polar surface area (TPSA) is 12.9 Å². The van der Waals surface area contributed by atoms with Crippen LogP contribution < -0.4 is 0 Å². The highest BCUT2D eigenvalue weighted by Crippen LogP contribution is 2.34. The van der Waals surface area contributed by atoms with Crippen molar-refractivity contribution in [3.05, 3.63) is 60.0 Å². The molecule has 1 aromatic heterocycles. The number of benzene rings is 2. The van der Waals surface area contributed by atoms with Gasteiger partial charge in [0.2, 0.25) is 0 Å². The largest absolute Gasteiger partial charge is 0.236 e. The number of aromatic nitrogens is 1. The Labute approximate surface area is 109 Å². The highest BCUT2D eigenvalue weighted by Gasteiger charge is 2.09. The van der Waals surface area contributed by atoms with Crippen LogP contribution in [-0.2, 0) is 0 Å². The van der Waals surface area contributed by atoms with Gasteiger partial charge in [-0.05, 0) is 24.6 Å². The summed E-state index contributed by atoms with van der Waals surface area (Å²) in [6.07, 6.45) is 0. The van der Waals surface area contributed by atoms with Gasteiger partial charge in [0.25, 0.3) is 0 Å². The zero-order valence-corrected chi connectivity index (χ0v) is 10.6. The van der Waals surface area contributed by atoms with E-state index in [0.29, 0.717) is 0 Å². The molecule has 1 radical (unpaired) electrons. The fourth-order valence-electron chi connectivity index (χ4n) is 1.76. The van der Waals surface area contributed by atoms with E-state index < -0.39 is 0 Å². The van der Waals surface area contributed by atoms with Gasteiger partial charge in [0, 0.05) is 5.56 Å². The van der Waals surface area contributed by atoms with Crippen molar-refractivity contribution in [2.75, 3.05) is 0 Å². The number of rotatable bonds is 1. The number of hydrogen-bond acceptors (Lipinski definition) is 2. The summed E-state index contributed by atoms with van der Waals surface area (Å²) in [6, 6.07) is 13.8. The quantitative estimate of drug-likeness (QED) is 0.611. The Morgan fingerprint density at radius 3 is 2.65 bits per heavy atom. The van der Waals surface area contributed by atoms with Crippen molar-refractivity contribution in [2.45, 2.75) is 0 Å². The average molecular weight is 259 g/mol. The van der Waals surface area contributed by atoms with Gasteiger partial charge in [-0.25, -0.2) is 4.98 Å². The number of halogens is 1. The number of fused-ring (bicyclic) bond motifs is 1. The predicted octanol–water partition coefficient (Wildman–Crippen LogP) is 4.80. The maximum Gasteiger partial charge on any atom is 0.126 e. The van der Waals surface area contributed by atoms with Gasteiger partial charge < -0.3 is 0 Å². The molecule has 1 heterocycles. The minimum absolute atomic E-state index is 0.733. The first-order chi connectivity index (χ1) is 8.25. The van der Waals surface area contributed by atoms with E-state index >= 15 is 0 Å². The molecule has 2 aromatic carbocycles. The number of thiazole rings is 1. The molecule has 0 bridgehead atoms. The van der Waals surface area contributed by atoms with Crippen molar-refractivity contribution in [2.24, 2.45) is 0 Å². The molecule has 0 atom stereocenters. The van der Waals surface area contributed by atoms with Crippen LogP contribution >= 0.6 is 22.9 Å². The smallest absolute Gasteiger partial charge is 0.126 e. The first-order valence-electron chi connectivity index (χ1n) is 5.22. The molecular formula is C14H9ClNS. The lowest BCUT2D eigenvalue weighted by atomic mass is 10.2.